The molecule has 3 rings (SSSR count). The molecule has 0 atom stereocenters. The van der Waals surface area contributed by atoms with Crippen LogP contribution in [0.15, 0.2) is 42.5 Å². The zero-order valence-corrected chi connectivity index (χ0v) is 19.5. The van der Waals surface area contributed by atoms with Crippen molar-refractivity contribution in [3.63, 3.8) is 0 Å². The minimum atomic E-state index is -0.134. The van der Waals surface area contributed by atoms with Crippen LogP contribution in [0.2, 0.25) is 0 Å². The molecule has 1 N–H and O–H groups in total. The first-order chi connectivity index (χ1) is 15.6. The smallest absolute Gasteiger partial charge is 0.298 e. The summed E-state index contributed by atoms with van der Waals surface area (Å²) in [6.45, 7) is 2.82. The number of carbonyl (C=O) groups is 1. The molecular formula is C24H29N3O4S. The van der Waals surface area contributed by atoms with Gasteiger partial charge >= 0.3 is 0 Å². The molecule has 0 saturated carbocycles. The zero-order valence-electron chi connectivity index (χ0n) is 18.7. The number of hydrogen-bond acceptors (Lipinski definition) is 7. The quantitative estimate of drug-likeness (QED) is 0.376. The van der Waals surface area contributed by atoms with Crippen LogP contribution >= 0.6 is 11.5 Å². The molecule has 0 aliphatic rings. The van der Waals surface area contributed by atoms with Gasteiger partial charge in [0.05, 0.1) is 14.2 Å². The van der Waals surface area contributed by atoms with E-state index in [-0.39, 0.29) is 5.91 Å². The summed E-state index contributed by atoms with van der Waals surface area (Å²) in [4.78, 5) is 17.0. The highest BCUT2D eigenvalue weighted by atomic mass is 32.1. The summed E-state index contributed by atoms with van der Waals surface area (Å²) in [5.41, 5.74) is 1.56. The van der Waals surface area contributed by atoms with E-state index in [1.807, 2.05) is 24.3 Å². The fourth-order valence-corrected chi connectivity index (χ4v) is 3.73. The van der Waals surface area contributed by atoms with E-state index in [0.717, 1.165) is 35.7 Å². The van der Waals surface area contributed by atoms with Gasteiger partial charge in [-0.1, -0.05) is 38.3 Å². The fraction of sp³-hybridized carbons (Fsp3) is 0.375. The Hall–Kier alpha value is -3.13. The summed E-state index contributed by atoms with van der Waals surface area (Å²) in [7, 11) is 3.20. The van der Waals surface area contributed by atoms with E-state index in [9.17, 15) is 4.79 Å². The van der Waals surface area contributed by atoms with Crippen molar-refractivity contribution < 1.29 is 19.0 Å². The van der Waals surface area contributed by atoms with Gasteiger partial charge in [-0.05, 0) is 42.3 Å². The van der Waals surface area contributed by atoms with Crippen molar-refractivity contribution in [2.45, 2.75) is 39.0 Å². The Bertz CT molecular complexity index is 1020. The molecule has 0 bridgehead atoms. The van der Waals surface area contributed by atoms with Crippen LogP contribution in [0, 0.1) is 0 Å². The van der Waals surface area contributed by atoms with E-state index in [0.29, 0.717) is 41.0 Å². The second-order valence-corrected chi connectivity index (χ2v) is 8.00. The molecule has 1 aromatic heterocycles. The van der Waals surface area contributed by atoms with Gasteiger partial charge in [0.2, 0.25) is 0 Å². The molecule has 0 aliphatic heterocycles. The van der Waals surface area contributed by atoms with Gasteiger partial charge in [0, 0.05) is 30.1 Å². The molecule has 3 aromatic rings. The van der Waals surface area contributed by atoms with Crippen LogP contribution in [0.3, 0.4) is 0 Å². The number of rotatable bonds is 12. The molecule has 0 saturated heterocycles. The maximum atomic E-state index is 12.5. The Morgan fingerprint density at radius 2 is 1.91 bits per heavy atom. The van der Waals surface area contributed by atoms with Crippen LogP contribution in [0.5, 0.6) is 22.4 Å². The Morgan fingerprint density at radius 1 is 1.03 bits per heavy atom. The zero-order chi connectivity index (χ0) is 22.8. The minimum Gasteiger partial charge on any atom is -0.497 e. The standard InChI is InChI=1S/C24H29N3O4S/c1-4-5-6-7-13-25-23(28)18-11-12-20(30-3)21(16-18)31-24-26-22(27-32-24)15-17-9-8-10-19(14-17)29-2/h8-12,14,16H,4-7,13,15H2,1-3H3,(H,25,28). The molecule has 0 fully saturated rings. The molecule has 0 unspecified atom stereocenters. The van der Waals surface area contributed by atoms with E-state index >= 15 is 0 Å². The number of nitrogens with one attached hydrogen (secondary N) is 1. The van der Waals surface area contributed by atoms with E-state index in [4.69, 9.17) is 14.2 Å². The summed E-state index contributed by atoms with van der Waals surface area (Å²) >= 11 is 1.16. The normalized spacial score (nSPS) is 10.6. The first-order valence-electron chi connectivity index (χ1n) is 10.7. The number of unbranched alkanes of at least 4 members (excludes halogenated alkanes) is 3. The predicted molar refractivity (Wildman–Crippen MR) is 125 cm³/mol. The van der Waals surface area contributed by atoms with Crippen LogP contribution in [-0.4, -0.2) is 36.0 Å². The number of nitrogens with zero attached hydrogens (tertiary/aromatic N) is 2. The summed E-state index contributed by atoms with van der Waals surface area (Å²) in [6.07, 6.45) is 5.00. The topological polar surface area (TPSA) is 82.6 Å². The lowest BCUT2D eigenvalue weighted by atomic mass is 10.1. The summed E-state index contributed by atoms with van der Waals surface area (Å²) in [5.74, 6) is 2.26. The second kappa shape index (κ2) is 12.0. The van der Waals surface area contributed by atoms with E-state index in [2.05, 4.69) is 21.6 Å². The predicted octanol–water partition coefficient (Wildman–Crippen LogP) is 5.25. The van der Waals surface area contributed by atoms with Crippen LogP contribution in [0.4, 0.5) is 0 Å². The van der Waals surface area contributed by atoms with Crippen molar-refractivity contribution in [2.75, 3.05) is 20.8 Å². The summed E-state index contributed by atoms with van der Waals surface area (Å²) in [6, 6.07) is 12.9. The molecule has 0 radical (unpaired) electrons. The van der Waals surface area contributed by atoms with Gasteiger partial charge < -0.3 is 19.5 Å². The first-order valence-corrected chi connectivity index (χ1v) is 11.5. The van der Waals surface area contributed by atoms with Crippen LogP contribution in [0.1, 0.15) is 54.4 Å². The van der Waals surface area contributed by atoms with Gasteiger partial charge in [-0.3, -0.25) is 4.79 Å². The monoisotopic (exact) mass is 455 g/mol. The first kappa shape index (κ1) is 23.5. The van der Waals surface area contributed by atoms with Gasteiger partial charge in [0.1, 0.15) is 5.75 Å². The molecule has 7 nitrogen and oxygen atoms in total. The maximum Gasteiger partial charge on any atom is 0.298 e. The van der Waals surface area contributed by atoms with Gasteiger partial charge in [0.25, 0.3) is 11.1 Å². The lowest BCUT2D eigenvalue weighted by Gasteiger charge is -2.10. The van der Waals surface area contributed by atoms with E-state index in [1.165, 1.54) is 12.8 Å². The number of amides is 1. The van der Waals surface area contributed by atoms with E-state index in [1.54, 1.807) is 32.4 Å². The van der Waals surface area contributed by atoms with Crippen LogP contribution < -0.4 is 19.5 Å². The van der Waals surface area contributed by atoms with Gasteiger partial charge in [-0.2, -0.15) is 9.36 Å². The van der Waals surface area contributed by atoms with Crippen molar-refractivity contribution in [3.8, 4) is 22.4 Å². The average Bonchev–Trinajstić information content (AvgIpc) is 3.25. The van der Waals surface area contributed by atoms with Crippen molar-refractivity contribution >= 4 is 17.4 Å². The largest absolute Gasteiger partial charge is 0.497 e. The number of benzene rings is 2. The Kier molecular flexibility index (Phi) is 8.86. The number of methoxy groups -OCH3 is 2. The molecule has 1 amide bonds. The highest BCUT2D eigenvalue weighted by Crippen LogP contribution is 2.33. The Morgan fingerprint density at radius 3 is 2.69 bits per heavy atom. The van der Waals surface area contributed by atoms with Gasteiger partial charge in [-0.15, -0.1) is 0 Å². The molecule has 2 aromatic carbocycles. The number of hydrogen-bond donors (Lipinski definition) is 1. The number of carbonyl (C=O) groups excluding carboxylic acids is 1. The third-order valence-electron chi connectivity index (χ3n) is 4.88. The molecule has 0 spiro atoms. The van der Waals surface area contributed by atoms with Crippen molar-refractivity contribution in [1.29, 1.82) is 0 Å². The van der Waals surface area contributed by atoms with E-state index < -0.39 is 0 Å². The summed E-state index contributed by atoms with van der Waals surface area (Å²) < 4.78 is 21.0. The molecule has 0 aliphatic carbocycles. The Labute approximate surface area is 192 Å². The molecule has 1 heterocycles. The number of ether oxygens (including phenoxy) is 3. The van der Waals surface area contributed by atoms with Crippen molar-refractivity contribution in [2.24, 2.45) is 0 Å². The third kappa shape index (κ3) is 6.68. The van der Waals surface area contributed by atoms with Gasteiger partial charge in [0.15, 0.2) is 17.3 Å². The average molecular weight is 456 g/mol. The number of aromatic nitrogens is 2. The van der Waals surface area contributed by atoms with Crippen molar-refractivity contribution in [3.05, 3.63) is 59.4 Å². The SMILES string of the molecule is CCCCCCNC(=O)c1ccc(OC)c(Oc2nc(Cc3cccc(OC)c3)ns2)c1. The lowest BCUT2D eigenvalue weighted by molar-refractivity contribution is 0.0952. The minimum absolute atomic E-state index is 0.134. The van der Waals surface area contributed by atoms with Crippen molar-refractivity contribution in [1.82, 2.24) is 14.7 Å². The maximum absolute atomic E-state index is 12.5. The van der Waals surface area contributed by atoms with Crippen LogP contribution in [-0.2, 0) is 6.42 Å². The second-order valence-electron chi connectivity index (χ2n) is 7.29. The Balaban J connectivity index is 1.66. The lowest BCUT2D eigenvalue weighted by Crippen LogP contribution is -2.24. The third-order valence-corrected chi connectivity index (χ3v) is 5.52. The van der Waals surface area contributed by atoms with Crippen LogP contribution in [0.25, 0.3) is 0 Å². The summed E-state index contributed by atoms with van der Waals surface area (Å²) in [5, 5.41) is 3.34. The molecular weight excluding hydrogens is 426 g/mol. The molecule has 170 valence electrons. The fourth-order valence-electron chi connectivity index (χ4n) is 3.16. The highest BCUT2D eigenvalue weighted by molar-refractivity contribution is 7.07. The molecule has 8 heteroatoms. The van der Waals surface area contributed by atoms with Gasteiger partial charge in [-0.25, -0.2) is 0 Å². The molecule has 32 heavy (non-hydrogen) atoms. The highest BCUT2D eigenvalue weighted by Gasteiger charge is 2.14.